The summed E-state index contributed by atoms with van der Waals surface area (Å²) >= 11 is 3.47. The van der Waals surface area contributed by atoms with Crippen LogP contribution in [0.5, 0.6) is 0 Å². The van der Waals surface area contributed by atoms with Gasteiger partial charge in [-0.1, -0.05) is 0 Å². The van der Waals surface area contributed by atoms with Crippen molar-refractivity contribution in [1.82, 2.24) is 0 Å². The Morgan fingerprint density at radius 2 is 1.80 bits per heavy atom. The summed E-state index contributed by atoms with van der Waals surface area (Å²) in [6, 6.07) is 1.31. The molecule has 0 spiro atoms. The fourth-order valence-corrected chi connectivity index (χ4v) is 1.00. The van der Waals surface area contributed by atoms with Gasteiger partial charge in [0.2, 0.25) is 0 Å². The summed E-state index contributed by atoms with van der Waals surface area (Å²) in [5, 5.41) is 8.41. The van der Waals surface area contributed by atoms with Crippen LogP contribution in [0.15, 0.2) is 17.0 Å². The summed E-state index contributed by atoms with van der Waals surface area (Å²) in [5.74, 6) is -5.21. The maximum absolute atomic E-state index is 13.0. The maximum Gasteiger partial charge on any atom is 0.341 e. The van der Waals surface area contributed by atoms with Crippen LogP contribution in [0.2, 0.25) is 0 Å². The molecule has 1 aromatic rings. The van der Waals surface area contributed by atoms with E-state index in [1.165, 1.54) is 0 Å². The molecular formula is C9H5F3O2S. The summed E-state index contributed by atoms with van der Waals surface area (Å²) in [6.45, 7) is 0. The average molecular weight is 234 g/mol. The first-order chi connectivity index (χ1) is 6.93. The number of thiol groups is 1. The Kier molecular flexibility index (Phi) is 3.41. The molecule has 2 nitrogen and oxygen atoms in total. The molecule has 6 heteroatoms. The Labute approximate surface area is 88.4 Å². The van der Waals surface area contributed by atoms with E-state index in [2.05, 4.69) is 12.6 Å². The molecule has 80 valence electrons. The molecular weight excluding hydrogens is 229 g/mol. The molecule has 0 saturated carbocycles. The van der Waals surface area contributed by atoms with Crippen molar-refractivity contribution in [3.8, 4) is 0 Å². The quantitative estimate of drug-likeness (QED) is 0.468. The van der Waals surface area contributed by atoms with Gasteiger partial charge in [-0.3, -0.25) is 0 Å². The predicted octanol–water partition coefficient (Wildman–Crippen LogP) is 2.46. The van der Waals surface area contributed by atoms with Gasteiger partial charge < -0.3 is 5.11 Å². The Bertz CT molecular complexity index is 443. The number of benzene rings is 1. The van der Waals surface area contributed by atoms with Crippen molar-refractivity contribution in [2.45, 2.75) is 0 Å². The van der Waals surface area contributed by atoms with Crippen molar-refractivity contribution in [2.75, 3.05) is 0 Å². The van der Waals surface area contributed by atoms with Crippen LogP contribution in [0.25, 0.3) is 6.08 Å². The first kappa shape index (κ1) is 11.6. The Morgan fingerprint density at radius 3 is 2.33 bits per heavy atom. The first-order valence-electron chi connectivity index (χ1n) is 3.71. The number of aliphatic carboxylic acids is 1. The molecule has 0 aliphatic carbocycles. The highest BCUT2D eigenvalue weighted by molar-refractivity contribution is 7.85. The lowest BCUT2D eigenvalue weighted by Crippen LogP contribution is -1.97. The lowest BCUT2D eigenvalue weighted by molar-refractivity contribution is -0.131. The van der Waals surface area contributed by atoms with Crippen molar-refractivity contribution in [2.24, 2.45) is 0 Å². The van der Waals surface area contributed by atoms with Gasteiger partial charge in [-0.15, -0.1) is 12.6 Å². The van der Waals surface area contributed by atoms with Crippen LogP contribution in [0.4, 0.5) is 13.2 Å². The molecule has 1 rings (SSSR count). The zero-order valence-corrected chi connectivity index (χ0v) is 8.06. The molecule has 1 aromatic carbocycles. The Hall–Kier alpha value is -1.43. The maximum atomic E-state index is 13.0. The molecule has 0 aliphatic heterocycles. The smallest absolute Gasteiger partial charge is 0.341 e. The van der Waals surface area contributed by atoms with Gasteiger partial charge in [-0.05, 0) is 18.2 Å². The van der Waals surface area contributed by atoms with E-state index in [1.807, 2.05) is 0 Å². The van der Waals surface area contributed by atoms with Crippen LogP contribution >= 0.6 is 12.6 Å². The number of carbonyl (C=O) groups is 1. The minimum Gasteiger partial charge on any atom is -0.477 e. The predicted molar refractivity (Wildman–Crippen MR) is 50.9 cm³/mol. The second-order valence-electron chi connectivity index (χ2n) is 2.59. The molecule has 15 heavy (non-hydrogen) atoms. The summed E-state index contributed by atoms with van der Waals surface area (Å²) < 4.78 is 38.6. The van der Waals surface area contributed by atoms with E-state index in [9.17, 15) is 18.0 Å². The monoisotopic (exact) mass is 234 g/mol. The minimum absolute atomic E-state index is 0.585. The second kappa shape index (κ2) is 4.39. The molecule has 0 radical (unpaired) electrons. The minimum atomic E-state index is -1.46. The van der Waals surface area contributed by atoms with Gasteiger partial charge in [-0.2, -0.15) is 0 Å². The number of carboxylic acid groups (broad SMARTS) is 1. The third-order valence-electron chi connectivity index (χ3n) is 1.58. The highest BCUT2D eigenvalue weighted by atomic mass is 32.1. The zero-order chi connectivity index (χ0) is 11.6. The van der Waals surface area contributed by atoms with Crippen LogP contribution < -0.4 is 0 Å². The van der Waals surface area contributed by atoms with Gasteiger partial charge >= 0.3 is 5.97 Å². The van der Waals surface area contributed by atoms with Crippen LogP contribution in [0.1, 0.15) is 5.56 Å². The lowest BCUT2D eigenvalue weighted by Gasteiger charge is -2.00. The number of halogens is 3. The first-order valence-corrected chi connectivity index (χ1v) is 4.15. The second-order valence-corrected chi connectivity index (χ2v) is 3.07. The summed E-state index contributed by atoms with van der Waals surface area (Å²) in [5.41, 5.74) is -0.762. The van der Waals surface area contributed by atoms with E-state index in [0.29, 0.717) is 18.2 Å². The number of carboxylic acids is 1. The topological polar surface area (TPSA) is 37.3 Å². The van der Waals surface area contributed by atoms with Crippen LogP contribution in [-0.4, -0.2) is 11.1 Å². The van der Waals surface area contributed by atoms with Crippen molar-refractivity contribution >= 4 is 24.7 Å². The van der Waals surface area contributed by atoms with Gasteiger partial charge in [0.05, 0.1) is 10.5 Å². The van der Waals surface area contributed by atoms with E-state index in [-0.39, 0.29) is 0 Å². The van der Waals surface area contributed by atoms with Crippen LogP contribution in [-0.2, 0) is 4.79 Å². The molecule has 0 aromatic heterocycles. The van der Waals surface area contributed by atoms with Crippen LogP contribution in [0.3, 0.4) is 0 Å². The molecule has 0 amide bonds. The van der Waals surface area contributed by atoms with Crippen molar-refractivity contribution in [1.29, 1.82) is 0 Å². The molecule has 0 saturated heterocycles. The van der Waals surface area contributed by atoms with Gasteiger partial charge in [0.1, 0.15) is 5.82 Å². The Morgan fingerprint density at radius 1 is 1.27 bits per heavy atom. The number of hydrogen-bond acceptors (Lipinski definition) is 2. The molecule has 0 fully saturated rings. The van der Waals surface area contributed by atoms with Gasteiger partial charge in [-0.25, -0.2) is 18.0 Å². The van der Waals surface area contributed by atoms with Crippen LogP contribution in [0, 0.1) is 17.5 Å². The SMILES string of the molecule is O=C(O)/C(S)=C/c1c(F)ccc(F)c1F. The Balaban J connectivity index is 3.32. The van der Waals surface area contributed by atoms with E-state index in [4.69, 9.17) is 5.11 Å². The highest BCUT2D eigenvalue weighted by Crippen LogP contribution is 2.19. The fraction of sp³-hybridized carbons (Fsp3) is 0. The van der Waals surface area contributed by atoms with Crippen molar-refractivity contribution in [3.63, 3.8) is 0 Å². The zero-order valence-electron chi connectivity index (χ0n) is 7.17. The number of rotatable bonds is 2. The molecule has 0 atom stereocenters. The molecule has 0 unspecified atom stereocenters. The lowest BCUT2D eigenvalue weighted by atomic mass is 10.1. The summed E-state index contributed by atoms with van der Waals surface area (Å²) in [6.07, 6.45) is 0.610. The van der Waals surface area contributed by atoms with Gasteiger partial charge in [0.15, 0.2) is 11.6 Å². The van der Waals surface area contributed by atoms with Gasteiger partial charge in [0, 0.05) is 0 Å². The third kappa shape index (κ3) is 2.53. The summed E-state index contributed by atoms with van der Waals surface area (Å²) in [4.78, 5) is 9.74. The van der Waals surface area contributed by atoms with E-state index < -0.39 is 33.9 Å². The molecule has 0 heterocycles. The van der Waals surface area contributed by atoms with Gasteiger partial charge in [0.25, 0.3) is 0 Å². The van der Waals surface area contributed by atoms with E-state index in [1.54, 1.807) is 0 Å². The van der Waals surface area contributed by atoms with Crippen molar-refractivity contribution in [3.05, 3.63) is 40.1 Å². The van der Waals surface area contributed by atoms with E-state index >= 15 is 0 Å². The van der Waals surface area contributed by atoms with E-state index in [0.717, 1.165) is 0 Å². The normalized spacial score (nSPS) is 11.6. The third-order valence-corrected chi connectivity index (χ3v) is 1.90. The average Bonchev–Trinajstić information content (AvgIpc) is 2.18. The molecule has 1 N–H and O–H groups in total. The number of hydrogen-bond donors (Lipinski definition) is 2. The standard InChI is InChI=1S/C9H5F3O2S/c10-5-1-2-6(11)8(12)4(5)3-7(15)9(13)14/h1-3,15H,(H,13,14)/b7-3-. The molecule has 0 bridgehead atoms. The largest absolute Gasteiger partial charge is 0.477 e. The summed E-state index contributed by atoms with van der Waals surface area (Å²) in [7, 11) is 0. The fourth-order valence-electron chi connectivity index (χ4n) is 0.874. The van der Waals surface area contributed by atoms with Crippen molar-refractivity contribution < 1.29 is 23.1 Å². The highest BCUT2D eigenvalue weighted by Gasteiger charge is 2.13. The molecule has 0 aliphatic rings.